The highest BCUT2D eigenvalue weighted by atomic mass is 15.3. The molecule has 84 valence electrons. The number of piperidine rings is 1. The number of hydrogen-bond donors (Lipinski definition) is 1. The van der Waals surface area contributed by atoms with Crippen LogP contribution in [0, 0.1) is 0 Å². The molecule has 0 saturated carbocycles. The Balaban J connectivity index is 1.99. The zero-order valence-electron chi connectivity index (χ0n) is 9.30. The van der Waals surface area contributed by atoms with Crippen LogP contribution in [-0.2, 0) is 0 Å². The highest BCUT2D eigenvalue weighted by molar-refractivity contribution is 5.35. The summed E-state index contributed by atoms with van der Waals surface area (Å²) in [6.07, 6.45) is 5.80. The molecule has 1 aliphatic rings. The molecule has 1 aliphatic heterocycles. The monoisotopic (exact) mass is 217 g/mol. The van der Waals surface area contributed by atoms with Crippen LogP contribution in [0.15, 0.2) is 18.6 Å². The van der Waals surface area contributed by atoms with Crippen molar-refractivity contribution in [3.05, 3.63) is 24.4 Å². The van der Waals surface area contributed by atoms with Crippen LogP contribution in [-0.4, -0.2) is 32.2 Å². The first-order valence-corrected chi connectivity index (χ1v) is 5.72. The lowest BCUT2D eigenvalue weighted by molar-refractivity contribution is 0.369. The van der Waals surface area contributed by atoms with Crippen molar-refractivity contribution in [2.45, 2.75) is 31.7 Å². The molecule has 5 nitrogen and oxygen atoms in total. The average Bonchev–Trinajstić information content (AvgIpc) is 2.72. The van der Waals surface area contributed by atoms with Gasteiger partial charge in [-0.15, -0.1) is 10.2 Å². The molecule has 0 aromatic carbocycles. The van der Waals surface area contributed by atoms with Gasteiger partial charge in [-0.25, -0.2) is 4.98 Å². The fourth-order valence-corrected chi connectivity index (χ4v) is 2.41. The van der Waals surface area contributed by atoms with E-state index >= 15 is 0 Å². The predicted octanol–water partition coefficient (Wildman–Crippen LogP) is 0.980. The van der Waals surface area contributed by atoms with E-state index in [0.717, 1.165) is 30.9 Å². The Labute approximate surface area is 93.9 Å². The Bertz CT molecular complexity index is 492. The molecule has 1 N–H and O–H groups in total. The van der Waals surface area contributed by atoms with E-state index in [9.17, 15) is 0 Å². The quantitative estimate of drug-likeness (QED) is 0.773. The van der Waals surface area contributed by atoms with E-state index in [1.54, 1.807) is 12.5 Å². The molecule has 2 unspecified atom stereocenters. The summed E-state index contributed by atoms with van der Waals surface area (Å²) in [7, 11) is 0. The SMILES string of the molecule is CC1CC(c2nnc3ccncn23)CCN1. The molecule has 3 rings (SSSR count). The van der Waals surface area contributed by atoms with Gasteiger partial charge in [0.05, 0.1) is 0 Å². The maximum atomic E-state index is 4.30. The molecule has 16 heavy (non-hydrogen) atoms. The van der Waals surface area contributed by atoms with Gasteiger partial charge in [0.2, 0.25) is 0 Å². The lowest BCUT2D eigenvalue weighted by Crippen LogP contribution is -2.35. The van der Waals surface area contributed by atoms with E-state index in [-0.39, 0.29) is 0 Å². The third-order valence-electron chi connectivity index (χ3n) is 3.23. The van der Waals surface area contributed by atoms with Gasteiger partial charge >= 0.3 is 0 Å². The zero-order chi connectivity index (χ0) is 11.0. The maximum Gasteiger partial charge on any atom is 0.163 e. The Kier molecular flexibility index (Phi) is 2.32. The average molecular weight is 217 g/mol. The number of aromatic nitrogens is 4. The summed E-state index contributed by atoms with van der Waals surface area (Å²) in [5.74, 6) is 1.55. The molecule has 0 amide bonds. The molecule has 0 spiro atoms. The molecule has 2 aromatic rings. The first kappa shape index (κ1) is 9.72. The summed E-state index contributed by atoms with van der Waals surface area (Å²) in [5, 5.41) is 11.9. The number of hydrogen-bond acceptors (Lipinski definition) is 4. The predicted molar refractivity (Wildman–Crippen MR) is 60.2 cm³/mol. The highest BCUT2D eigenvalue weighted by Gasteiger charge is 2.23. The van der Waals surface area contributed by atoms with Gasteiger partial charge < -0.3 is 5.32 Å². The van der Waals surface area contributed by atoms with Crippen LogP contribution in [0.5, 0.6) is 0 Å². The summed E-state index contributed by atoms with van der Waals surface area (Å²) in [6.45, 7) is 3.27. The van der Waals surface area contributed by atoms with E-state index in [0.29, 0.717) is 12.0 Å². The number of nitrogens with zero attached hydrogens (tertiary/aromatic N) is 4. The van der Waals surface area contributed by atoms with Crippen molar-refractivity contribution >= 4 is 5.65 Å². The molecule has 5 heteroatoms. The van der Waals surface area contributed by atoms with Gasteiger partial charge in [-0.3, -0.25) is 4.40 Å². The number of fused-ring (bicyclic) bond motifs is 1. The van der Waals surface area contributed by atoms with Gasteiger partial charge in [-0.2, -0.15) is 0 Å². The summed E-state index contributed by atoms with van der Waals surface area (Å²) in [4.78, 5) is 4.13. The van der Waals surface area contributed by atoms with E-state index in [4.69, 9.17) is 0 Å². The molecule has 2 aromatic heterocycles. The van der Waals surface area contributed by atoms with Gasteiger partial charge in [-0.05, 0) is 26.3 Å². The first-order valence-electron chi connectivity index (χ1n) is 5.72. The molecule has 0 radical (unpaired) electrons. The topological polar surface area (TPSA) is 55.1 Å². The van der Waals surface area contributed by atoms with Gasteiger partial charge in [0.1, 0.15) is 12.2 Å². The molecule has 1 fully saturated rings. The van der Waals surface area contributed by atoms with Crippen LogP contribution in [0.25, 0.3) is 5.65 Å². The fourth-order valence-electron chi connectivity index (χ4n) is 2.41. The van der Waals surface area contributed by atoms with Crippen LogP contribution in [0.4, 0.5) is 0 Å². The third-order valence-corrected chi connectivity index (χ3v) is 3.23. The Morgan fingerprint density at radius 2 is 2.38 bits per heavy atom. The minimum atomic E-state index is 0.496. The van der Waals surface area contributed by atoms with E-state index in [1.165, 1.54) is 0 Å². The van der Waals surface area contributed by atoms with Crippen LogP contribution in [0.3, 0.4) is 0 Å². The molecule has 0 bridgehead atoms. The molecule has 0 aliphatic carbocycles. The minimum Gasteiger partial charge on any atom is -0.314 e. The molecular weight excluding hydrogens is 202 g/mol. The summed E-state index contributed by atoms with van der Waals surface area (Å²) in [6, 6.07) is 2.45. The van der Waals surface area contributed by atoms with Crippen LogP contribution in [0.2, 0.25) is 0 Å². The zero-order valence-corrected chi connectivity index (χ0v) is 9.30. The smallest absolute Gasteiger partial charge is 0.163 e. The van der Waals surface area contributed by atoms with Crippen LogP contribution >= 0.6 is 0 Å². The third kappa shape index (κ3) is 1.57. The van der Waals surface area contributed by atoms with Crippen molar-refractivity contribution in [2.75, 3.05) is 6.54 Å². The van der Waals surface area contributed by atoms with Crippen molar-refractivity contribution in [1.29, 1.82) is 0 Å². The van der Waals surface area contributed by atoms with E-state index < -0.39 is 0 Å². The van der Waals surface area contributed by atoms with Crippen LogP contribution < -0.4 is 5.32 Å². The normalized spacial score (nSPS) is 26.1. The van der Waals surface area contributed by atoms with Crippen molar-refractivity contribution in [1.82, 2.24) is 24.9 Å². The van der Waals surface area contributed by atoms with Crippen molar-refractivity contribution in [3.8, 4) is 0 Å². The lowest BCUT2D eigenvalue weighted by Gasteiger charge is -2.26. The first-order chi connectivity index (χ1) is 7.84. The molecule has 1 saturated heterocycles. The largest absolute Gasteiger partial charge is 0.314 e. The molecule has 3 heterocycles. The van der Waals surface area contributed by atoms with E-state index in [1.807, 2.05) is 10.5 Å². The minimum absolute atomic E-state index is 0.496. The second-order valence-corrected chi connectivity index (χ2v) is 4.44. The fraction of sp³-hybridized carbons (Fsp3) is 0.545. The van der Waals surface area contributed by atoms with Crippen molar-refractivity contribution < 1.29 is 0 Å². The lowest BCUT2D eigenvalue weighted by atomic mass is 9.92. The van der Waals surface area contributed by atoms with Crippen LogP contribution in [0.1, 0.15) is 31.5 Å². The second-order valence-electron chi connectivity index (χ2n) is 4.44. The van der Waals surface area contributed by atoms with Gasteiger partial charge in [0.15, 0.2) is 5.65 Å². The summed E-state index contributed by atoms with van der Waals surface area (Å²) >= 11 is 0. The van der Waals surface area contributed by atoms with Crippen molar-refractivity contribution in [3.63, 3.8) is 0 Å². The number of nitrogens with one attached hydrogen (secondary N) is 1. The summed E-state index contributed by atoms with van der Waals surface area (Å²) < 4.78 is 2.00. The molecule has 2 atom stereocenters. The second kappa shape index (κ2) is 3.83. The van der Waals surface area contributed by atoms with Gasteiger partial charge in [0, 0.05) is 24.2 Å². The Hall–Kier alpha value is -1.49. The van der Waals surface area contributed by atoms with Gasteiger partial charge in [-0.1, -0.05) is 0 Å². The standard InChI is InChI=1S/C11H15N5/c1-8-6-9(2-5-13-8)11-15-14-10-3-4-12-7-16(10)11/h3-4,7-9,13H,2,5-6H2,1H3. The molecular formula is C11H15N5. The van der Waals surface area contributed by atoms with Crippen molar-refractivity contribution in [2.24, 2.45) is 0 Å². The van der Waals surface area contributed by atoms with E-state index in [2.05, 4.69) is 27.4 Å². The number of rotatable bonds is 1. The maximum absolute atomic E-state index is 4.30. The summed E-state index contributed by atoms with van der Waals surface area (Å²) in [5.41, 5.74) is 0.885. The Morgan fingerprint density at radius 1 is 1.44 bits per heavy atom. The van der Waals surface area contributed by atoms with Gasteiger partial charge in [0.25, 0.3) is 0 Å². The highest BCUT2D eigenvalue weighted by Crippen LogP contribution is 2.26. The Morgan fingerprint density at radius 3 is 3.25 bits per heavy atom.